The molecule has 0 aliphatic carbocycles. The molecule has 36 heavy (non-hydrogen) atoms. The molecule has 0 aliphatic rings. The zero-order chi connectivity index (χ0) is 23.6. The van der Waals surface area contributed by atoms with Gasteiger partial charge in [0.15, 0.2) is 0 Å². The fourth-order valence-corrected chi connectivity index (χ4v) is 5.13. The second-order valence-electron chi connectivity index (χ2n) is 7.52. The number of phenols is 2. The standard InChI is InChI=1S/C28H24N2O2S2.2Cu/c31-27-13-11-25(15-23(27)19-29-17-21-7-3-1-4-8-21)33-34-26-12-14-28(32)24(16-26)20-30-18-22-9-5-2-6-10-22;;/h1-16,19-20,31-32H,17-18H2;;. The first-order chi connectivity index (χ1) is 16.7. The largest absolute Gasteiger partial charge is 0.507 e. The zero-order valence-electron chi connectivity index (χ0n) is 19.0. The molecule has 0 saturated heterocycles. The number of aliphatic imine (C=N–C) groups is 2. The maximum absolute atomic E-state index is 10.2. The Kier molecular flexibility index (Phi) is 12.9. The normalized spacial score (nSPS) is 10.8. The van der Waals surface area contributed by atoms with E-state index < -0.39 is 0 Å². The molecule has 0 aliphatic heterocycles. The average molecular weight is 612 g/mol. The van der Waals surface area contributed by atoms with Crippen molar-refractivity contribution < 1.29 is 44.4 Å². The van der Waals surface area contributed by atoms with Crippen LogP contribution in [0, 0.1) is 0 Å². The smallest absolute Gasteiger partial charge is 0.124 e. The van der Waals surface area contributed by atoms with E-state index in [0.717, 1.165) is 20.9 Å². The molecule has 0 bridgehead atoms. The fourth-order valence-electron chi connectivity index (χ4n) is 3.14. The molecule has 4 aromatic rings. The summed E-state index contributed by atoms with van der Waals surface area (Å²) in [4.78, 5) is 10.9. The van der Waals surface area contributed by atoms with Crippen LogP contribution in [0.1, 0.15) is 22.3 Å². The third-order valence-corrected chi connectivity index (χ3v) is 7.31. The summed E-state index contributed by atoms with van der Waals surface area (Å²) in [6.45, 7) is 1.13. The van der Waals surface area contributed by atoms with E-state index in [9.17, 15) is 10.2 Å². The van der Waals surface area contributed by atoms with Crippen LogP contribution in [0.3, 0.4) is 0 Å². The molecule has 8 heteroatoms. The van der Waals surface area contributed by atoms with Gasteiger partial charge in [0.1, 0.15) is 11.5 Å². The van der Waals surface area contributed by atoms with Crippen molar-refractivity contribution in [1.82, 2.24) is 0 Å². The van der Waals surface area contributed by atoms with Crippen molar-refractivity contribution in [3.8, 4) is 11.5 Å². The molecule has 0 fully saturated rings. The molecular formula is C28H24Cu2N2O2S2. The van der Waals surface area contributed by atoms with E-state index in [1.165, 1.54) is 0 Å². The molecule has 192 valence electrons. The Morgan fingerprint density at radius 1 is 0.556 bits per heavy atom. The summed E-state index contributed by atoms with van der Waals surface area (Å²) >= 11 is 0. The first-order valence-corrected chi connectivity index (χ1v) is 12.9. The van der Waals surface area contributed by atoms with Crippen LogP contribution < -0.4 is 0 Å². The van der Waals surface area contributed by atoms with Gasteiger partial charge < -0.3 is 10.2 Å². The van der Waals surface area contributed by atoms with Crippen LogP contribution in [0.2, 0.25) is 0 Å². The fraction of sp³-hybridized carbons (Fsp3) is 0.0714. The Labute approximate surface area is 240 Å². The van der Waals surface area contributed by atoms with Gasteiger partial charge >= 0.3 is 0 Å². The van der Waals surface area contributed by atoms with Crippen LogP contribution >= 0.6 is 21.6 Å². The van der Waals surface area contributed by atoms with Crippen molar-refractivity contribution in [2.75, 3.05) is 0 Å². The average Bonchev–Trinajstić information content (AvgIpc) is 2.87. The molecule has 0 saturated carbocycles. The van der Waals surface area contributed by atoms with Crippen molar-refractivity contribution in [2.45, 2.75) is 22.9 Å². The minimum Gasteiger partial charge on any atom is -0.507 e. The molecule has 2 radical (unpaired) electrons. The van der Waals surface area contributed by atoms with Crippen LogP contribution in [-0.2, 0) is 47.2 Å². The Balaban J connectivity index is 0.00000228. The van der Waals surface area contributed by atoms with E-state index in [0.29, 0.717) is 24.2 Å². The summed E-state index contributed by atoms with van der Waals surface area (Å²) in [5.74, 6) is 0.403. The number of benzene rings is 4. The van der Waals surface area contributed by atoms with Crippen LogP contribution in [0.4, 0.5) is 0 Å². The Morgan fingerprint density at radius 2 is 0.944 bits per heavy atom. The topological polar surface area (TPSA) is 65.2 Å². The van der Waals surface area contributed by atoms with Gasteiger partial charge in [-0.2, -0.15) is 0 Å². The van der Waals surface area contributed by atoms with E-state index in [-0.39, 0.29) is 45.6 Å². The van der Waals surface area contributed by atoms with Gasteiger partial charge in [-0.25, -0.2) is 0 Å². The van der Waals surface area contributed by atoms with Gasteiger partial charge in [0.2, 0.25) is 0 Å². The third-order valence-electron chi connectivity index (χ3n) is 4.93. The third kappa shape index (κ3) is 9.21. The van der Waals surface area contributed by atoms with Crippen LogP contribution in [-0.4, -0.2) is 22.6 Å². The molecule has 4 rings (SSSR count). The van der Waals surface area contributed by atoms with E-state index in [1.54, 1.807) is 46.1 Å². The second-order valence-corrected chi connectivity index (χ2v) is 9.79. The summed E-state index contributed by atoms with van der Waals surface area (Å²) < 4.78 is 0. The molecule has 2 N–H and O–H groups in total. The van der Waals surface area contributed by atoms with E-state index >= 15 is 0 Å². The minimum atomic E-state index is 0. The van der Waals surface area contributed by atoms with Crippen LogP contribution in [0.5, 0.6) is 11.5 Å². The predicted molar refractivity (Wildman–Crippen MR) is 143 cm³/mol. The molecule has 0 spiro atoms. The Hall–Kier alpha value is -2.44. The van der Waals surface area contributed by atoms with Gasteiger partial charge in [0, 0.05) is 67.5 Å². The van der Waals surface area contributed by atoms with Crippen LogP contribution in [0.15, 0.2) is 117 Å². The van der Waals surface area contributed by atoms with Crippen molar-refractivity contribution >= 4 is 34.0 Å². The van der Waals surface area contributed by atoms with Gasteiger partial charge in [0.25, 0.3) is 0 Å². The van der Waals surface area contributed by atoms with Gasteiger partial charge in [-0.3, -0.25) is 9.98 Å². The summed E-state index contributed by atoms with van der Waals surface area (Å²) in [5.41, 5.74) is 3.60. The summed E-state index contributed by atoms with van der Waals surface area (Å²) in [5, 5.41) is 20.4. The number of aromatic hydroxyl groups is 2. The molecule has 0 atom stereocenters. The molecule has 4 nitrogen and oxygen atoms in total. The van der Waals surface area contributed by atoms with Gasteiger partial charge in [0.05, 0.1) is 13.1 Å². The number of hydrogen-bond acceptors (Lipinski definition) is 6. The molecule has 4 aromatic carbocycles. The molecule has 0 amide bonds. The minimum absolute atomic E-state index is 0. The van der Waals surface area contributed by atoms with Crippen molar-refractivity contribution in [2.24, 2.45) is 9.98 Å². The number of hydrogen-bond donors (Lipinski definition) is 2. The van der Waals surface area contributed by atoms with Crippen molar-refractivity contribution in [3.05, 3.63) is 119 Å². The molecule has 0 heterocycles. The van der Waals surface area contributed by atoms with Gasteiger partial charge in [-0.1, -0.05) is 82.3 Å². The number of nitrogens with zero attached hydrogens (tertiary/aromatic N) is 2. The zero-order valence-corrected chi connectivity index (χ0v) is 22.5. The van der Waals surface area contributed by atoms with E-state index in [1.807, 2.05) is 84.9 Å². The first-order valence-electron chi connectivity index (χ1n) is 10.8. The molecule has 0 unspecified atom stereocenters. The van der Waals surface area contributed by atoms with Crippen molar-refractivity contribution in [1.29, 1.82) is 0 Å². The van der Waals surface area contributed by atoms with E-state index in [4.69, 9.17) is 0 Å². The molecular weight excluding hydrogens is 588 g/mol. The van der Waals surface area contributed by atoms with E-state index in [2.05, 4.69) is 9.98 Å². The Bertz CT molecular complexity index is 1190. The predicted octanol–water partition coefficient (Wildman–Crippen LogP) is 7.13. The monoisotopic (exact) mass is 610 g/mol. The quantitative estimate of drug-likeness (QED) is 0.120. The summed E-state index contributed by atoms with van der Waals surface area (Å²) in [6, 6.07) is 31.0. The number of phenolic OH excluding ortho intramolecular Hbond substituents is 2. The first kappa shape index (κ1) is 29.8. The van der Waals surface area contributed by atoms with Crippen LogP contribution in [0.25, 0.3) is 0 Å². The van der Waals surface area contributed by atoms with Crippen molar-refractivity contribution in [3.63, 3.8) is 0 Å². The maximum atomic E-state index is 10.2. The number of rotatable bonds is 9. The second kappa shape index (κ2) is 15.6. The van der Waals surface area contributed by atoms with Gasteiger partial charge in [-0.15, -0.1) is 0 Å². The van der Waals surface area contributed by atoms with Gasteiger partial charge in [-0.05, 0) is 47.5 Å². The summed E-state index contributed by atoms with van der Waals surface area (Å²) in [7, 11) is 3.16. The Morgan fingerprint density at radius 3 is 1.33 bits per heavy atom. The molecule has 0 aromatic heterocycles. The maximum Gasteiger partial charge on any atom is 0.124 e. The summed E-state index contributed by atoms with van der Waals surface area (Å²) in [6.07, 6.45) is 3.41. The SMILES string of the molecule is Oc1ccc(SSc2ccc(O)c(C=NCc3ccccc3)c2)cc1C=NCc1ccccc1.[Cu].[Cu].